The van der Waals surface area contributed by atoms with Crippen molar-refractivity contribution in [2.75, 3.05) is 10.6 Å². The number of fused-ring (bicyclic) bond motifs is 3. The predicted molar refractivity (Wildman–Crippen MR) is 218 cm³/mol. The van der Waals surface area contributed by atoms with Gasteiger partial charge in [0.1, 0.15) is 9.79 Å². The van der Waals surface area contributed by atoms with Gasteiger partial charge < -0.3 is 10.6 Å². The number of nitrogens with zero attached hydrogens (tertiary/aromatic N) is 4. The van der Waals surface area contributed by atoms with Crippen molar-refractivity contribution in [2.24, 2.45) is 0 Å². The third-order valence-corrected chi connectivity index (χ3v) is 13.6. The molecule has 306 valence electrons. The topological polar surface area (TPSA) is 237 Å². The van der Waals surface area contributed by atoms with Crippen LogP contribution in [0.1, 0.15) is 58.8 Å². The molecule has 0 aliphatic carbocycles. The fraction of sp³-hybridized carbons (Fsp3) is 0.158. The summed E-state index contributed by atoms with van der Waals surface area (Å²) in [5.74, 6) is -1.76. The first kappa shape index (κ1) is 41.7. The van der Waals surface area contributed by atoms with Crippen LogP contribution in [-0.2, 0) is 42.9 Å². The molecule has 16 nitrogen and oxygen atoms in total. The number of carbonyl (C=O) groups is 2. The molecule has 1 aliphatic rings. The molecular formula is C38H32Cl2N6O10S3. The summed E-state index contributed by atoms with van der Waals surface area (Å²) in [5.41, 5.74) is 0.106. The zero-order chi connectivity index (χ0) is 42.6. The summed E-state index contributed by atoms with van der Waals surface area (Å²) in [6, 6.07) is 16.4. The van der Waals surface area contributed by atoms with E-state index in [0.29, 0.717) is 58.5 Å². The Labute approximate surface area is 348 Å². The van der Waals surface area contributed by atoms with Crippen LogP contribution in [0, 0.1) is 0 Å². The molecule has 21 heteroatoms. The van der Waals surface area contributed by atoms with Crippen LogP contribution in [0.15, 0.2) is 105 Å². The minimum Gasteiger partial charge on any atom is -0.321 e. The molecule has 0 unspecified atom stereocenters. The SMILES string of the molecule is CCCc1c(C(=O)Nc2cc3c(cc2S(=O)(=O)O)-c2cc(S(=O)(=O)O)c(NC(=O)c4cnn(-c5ccc(Cl)cc5)c4CCC)cc2S3(=O)=O)cnn1-c1ccc(Cl)cc1. The van der Waals surface area contributed by atoms with Crippen molar-refractivity contribution in [2.45, 2.75) is 59.1 Å². The van der Waals surface area contributed by atoms with Crippen molar-refractivity contribution in [1.82, 2.24) is 19.6 Å². The number of benzene rings is 4. The van der Waals surface area contributed by atoms with Gasteiger partial charge in [-0.2, -0.15) is 27.0 Å². The van der Waals surface area contributed by atoms with E-state index in [1.54, 1.807) is 48.5 Å². The van der Waals surface area contributed by atoms with Crippen molar-refractivity contribution in [3.63, 3.8) is 0 Å². The summed E-state index contributed by atoms with van der Waals surface area (Å²) < 4.78 is 103. The van der Waals surface area contributed by atoms with Gasteiger partial charge in [0, 0.05) is 21.2 Å². The summed E-state index contributed by atoms with van der Waals surface area (Å²) in [7, 11) is -15.0. The molecule has 2 aromatic heterocycles. The molecule has 0 atom stereocenters. The van der Waals surface area contributed by atoms with Crippen LogP contribution in [-0.4, -0.2) is 65.7 Å². The van der Waals surface area contributed by atoms with E-state index >= 15 is 0 Å². The number of hydrogen-bond donors (Lipinski definition) is 4. The molecule has 4 aromatic carbocycles. The van der Waals surface area contributed by atoms with Gasteiger partial charge >= 0.3 is 0 Å². The molecule has 7 rings (SSSR count). The predicted octanol–water partition coefficient (Wildman–Crippen LogP) is 7.08. The van der Waals surface area contributed by atoms with E-state index in [-0.39, 0.29) is 22.3 Å². The third kappa shape index (κ3) is 7.89. The Hall–Kier alpha value is -5.41. The van der Waals surface area contributed by atoms with Crippen LogP contribution in [0.5, 0.6) is 0 Å². The molecule has 0 radical (unpaired) electrons. The molecule has 0 saturated heterocycles. The van der Waals surface area contributed by atoms with Crippen molar-refractivity contribution < 1.29 is 43.9 Å². The number of sulfone groups is 1. The number of aromatic nitrogens is 4. The molecular weight excluding hydrogens is 868 g/mol. The highest BCUT2D eigenvalue weighted by atomic mass is 35.5. The van der Waals surface area contributed by atoms with Gasteiger partial charge in [-0.1, -0.05) is 49.9 Å². The fourth-order valence-electron chi connectivity index (χ4n) is 6.80. The Morgan fingerprint density at radius 3 is 1.32 bits per heavy atom. The monoisotopic (exact) mass is 898 g/mol. The van der Waals surface area contributed by atoms with Crippen LogP contribution in [0.2, 0.25) is 10.0 Å². The normalized spacial score (nSPS) is 13.2. The number of halogens is 2. The zero-order valence-electron chi connectivity index (χ0n) is 30.8. The molecule has 59 heavy (non-hydrogen) atoms. The fourth-order valence-corrected chi connectivity index (χ4v) is 10.1. The molecule has 6 aromatic rings. The number of hydrogen-bond acceptors (Lipinski definition) is 10. The summed E-state index contributed by atoms with van der Waals surface area (Å²) in [5, 5.41) is 14.4. The van der Waals surface area contributed by atoms with Gasteiger partial charge in [0.25, 0.3) is 32.1 Å². The molecule has 1 aliphatic heterocycles. The number of amides is 2. The lowest BCUT2D eigenvalue weighted by atomic mass is 10.0. The third-order valence-electron chi connectivity index (χ3n) is 9.43. The maximum Gasteiger partial charge on any atom is 0.296 e. The highest BCUT2D eigenvalue weighted by molar-refractivity contribution is 7.92. The molecule has 0 spiro atoms. The first-order valence-corrected chi connectivity index (χ1v) is 22.8. The minimum atomic E-state index is -5.19. The molecule has 4 N–H and O–H groups in total. The van der Waals surface area contributed by atoms with Gasteiger partial charge in [-0.05, 0) is 85.6 Å². The number of nitrogens with one attached hydrogen (secondary N) is 2. The van der Waals surface area contributed by atoms with Crippen molar-refractivity contribution in [1.29, 1.82) is 0 Å². The van der Waals surface area contributed by atoms with Gasteiger partial charge in [-0.3, -0.25) is 18.7 Å². The maximum absolute atomic E-state index is 14.2. The van der Waals surface area contributed by atoms with E-state index in [1.165, 1.54) is 21.8 Å². The Morgan fingerprint density at radius 1 is 0.644 bits per heavy atom. The van der Waals surface area contributed by atoms with Crippen LogP contribution in [0.3, 0.4) is 0 Å². The highest BCUT2D eigenvalue weighted by Crippen LogP contribution is 2.48. The summed E-state index contributed by atoms with van der Waals surface area (Å²) in [6.45, 7) is 3.73. The standard InChI is InChI=1S/C38H32Cl2N6O10S3/c1-3-5-31-27(19-41-45(31)23-11-7-21(39)8-12-23)37(47)43-29-17-33-25(15-35(29)58(51,52)53)26-16-36(59(54,55)56)30(18-34(26)57(33,49)50)44-38(48)28-20-42-46(32(28)6-4-2)24-13-9-22(40)10-14-24/h7-20H,3-6H2,1-2H3,(H,43,47)(H,44,48)(H,51,52,53)(H,54,55,56). The van der Waals surface area contributed by atoms with Crippen molar-refractivity contribution in [3.8, 4) is 22.5 Å². The molecule has 2 amide bonds. The van der Waals surface area contributed by atoms with Gasteiger partial charge in [-0.25, -0.2) is 17.8 Å². The first-order chi connectivity index (χ1) is 27.8. The van der Waals surface area contributed by atoms with Crippen molar-refractivity contribution in [3.05, 3.63) is 118 Å². The van der Waals surface area contributed by atoms with Crippen LogP contribution in [0.25, 0.3) is 22.5 Å². The number of carbonyl (C=O) groups excluding carboxylic acids is 2. The van der Waals surface area contributed by atoms with Crippen LogP contribution >= 0.6 is 23.2 Å². The van der Waals surface area contributed by atoms with E-state index in [2.05, 4.69) is 20.8 Å². The Bertz CT molecular complexity index is 2840. The van der Waals surface area contributed by atoms with Crippen LogP contribution < -0.4 is 10.6 Å². The van der Waals surface area contributed by atoms with Gasteiger partial charge in [-0.15, -0.1) is 0 Å². The van der Waals surface area contributed by atoms with E-state index in [1.807, 2.05) is 13.8 Å². The van der Waals surface area contributed by atoms with Crippen LogP contribution in [0.4, 0.5) is 11.4 Å². The van der Waals surface area contributed by atoms with Gasteiger partial charge in [0.2, 0.25) is 9.84 Å². The second kappa shape index (κ2) is 15.6. The summed E-state index contributed by atoms with van der Waals surface area (Å²) in [6.07, 6.45) is 4.36. The smallest absolute Gasteiger partial charge is 0.296 e. The van der Waals surface area contributed by atoms with E-state index < -0.39 is 72.8 Å². The first-order valence-electron chi connectivity index (χ1n) is 17.7. The second-order valence-corrected chi connectivity index (χ2v) is 18.9. The lowest BCUT2D eigenvalue weighted by molar-refractivity contribution is 0.101. The average molecular weight is 900 g/mol. The quantitative estimate of drug-likeness (QED) is 0.0901. The molecule has 0 bridgehead atoms. The average Bonchev–Trinajstić information content (AvgIpc) is 3.84. The molecule has 0 fully saturated rings. The molecule has 0 saturated carbocycles. The van der Waals surface area contributed by atoms with E-state index in [9.17, 15) is 43.9 Å². The van der Waals surface area contributed by atoms with E-state index in [4.69, 9.17) is 23.2 Å². The summed E-state index contributed by atoms with van der Waals surface area (Å²) >= 11 is 12.1. The lowest BCUT2D eigenvalue weighted by Crippen LogP contribution is -2.17. The molecule has 3 heterocycles. The highest BCUT2D eigenvalue weighted by Gasteiger charge is 2.38. The Kier molecular flexibility index (Phi) is 11.1. The number of rotatable bonds is 12. The largest absolute Gasteiger partial charge is 0.321 e. The lowest BCUT2D eigenvalue weighted by Gasteiger charge is -2.13. The zero-order valence-corrected chi connectivity index (χ0v) is 34.8. The minimum absolute atomic E-state index is 0.0220. The van der Waals surface area contributed by atoms with Gasteiger partial charge in [0.05, 0.1) is 67.4 Å². The number of anilines is 2. The van der Waals surface area contributed by atoms with E-state index in [0.717, 1.165) is 24.3 Å². The summed E-state index contributed by atoms with van der Waals surface area (Å²) in [4.78, 5) is 24.6. The van der Waals surface area contributed by atoms with Crippen molar-refractivity contribution >= 4 is 76.5 Å². The van der Waals surface area contributed by atoms with Gasteiger partial charge in [0.15, 0.2) is 0 Å². The second-order valence-electron chi connectivity index (χ2n) is 13.3. The Balaban J connectivity index is 1.29. The Morgan fingerprint density at radius 2 is 1.00 bits per heavy atom. The maximum atomic E-state index is 14.2.